The largest absolute Gasteiger partial charge is 0.497 e. The molecule has 198 valence electrons. The third-order valence-electron chi connectivity index (χ3n) is 7.30. The van der Waals surface area contributed by atoms with E-state index in [4.69, 9.17) is 19.2 Å². The number of methoxy groups -OCH3 is 3. The summed E-state index contributed by atoms with van der Waals surface area (Å²) in [6.45, 7) is 1.67. The molecular formula is C32H31N3O3S. The molecule has 0 spiro atoms. The number of aliphatic imine (C=N–C) groups is 1. The standard InChI is InChI=1S/C32H31N3O3S/c1-34-18-24(17-21-5-11-25(36-2)12-6-21)30-28(19-34)31(23-9-15-27(38-4)16-10-23)35-29(20-39-32(35)33-30)22-7-13-26(37-3)14-8-22/h5-17,20,31H,18-19H2,1-4H3. The SMILES string of the molecule is COc1ccc(C=C2CN(C)CC3=C2N=C2SC=C(c4ccc(OC)cc4)N2C3c2ccc(OC)cc2)cc1. The molecule has 3 aliphatic heterocycles. The van der Waals surface area contributed by atoms with Gasteiger partial charge in [0.15, 0.2) is 5.17 Å². The number of hydrogen-bond acceptors (Lipinski definition) is 7. The zero-order valence-electron chi connectivity index (χ0n) is 22.5. The van der Waals surface area contributed by atoms with Crippen LogP contribution in [0.1, 0.15) is 22.7 Å². The van der Waals surface area contributed by atoms with Gasteiger partial charge in [-0.15, -0.1) is 0 Å². The molecule has 0 fully saturated rings. The van der Waals surface area contributed by atoms with Crippen LogP contribution in [-0.2, 0) is 0 Å². The molecule has 0 bridgehead atoms. The van der Waals surface area contributed by atoms with Crippen LogP contribution in [0.25, 0.3) is 11.8 Å². The second-order valence-electron chi connectivity index (χ2n) is 9.78. The van der Waals surface area contributed by atoms with Crippen molar-refractivity contribution in [3.63, 3.8) is 0 Å². The summed E-state index contributed by atoms with van der Waals surface area (Å²) in [6, 6.07) is 24.9. The first kappa shape index (κ1) is 25.3. The summed E-state index contributed by atoms with van der Waals surface area (Å²) < 4.78 is 16.2. The number of nitrogens with zero attached hydrogens (tertiary/aromatic N) is 3. The zero-order valence-corrected chi connectivity index (χ0v) is 23.4. The third-order valence-corrected chi connectivity index (χ3v) is 8.14. The molecule has 0 aliphatic carbocycles. The fourth-order valence-electron chi connectivity index (χ4n) is 5.38. The highest BCUT2D eigenvalue weighted by molar-refractivity contribution is 8.16. The van der Waals surface area contributed by atoms with Crippen LogP contribution >= 0.6 is 11.8 Å². The van der Waals surface area contributed by atoms with Gasteiger partial charge >= 0.3 is 0 Å². The van der Waals surface area contributed by atoms with Crippen molar-refractivity contribution < 1.29 is 14.2 Å². The van der Waals surface area contributed by atoms with Gasteiger partial charge in [-0.05, 0) is 89.5 Å². The number of likely N-dealkylation sites (N-methyl/N-ethyl adjacent to an activating group) is 1. The van der Waals surface area contributed by atoms with Crippen molar-refractivity contribution >= 4 is 28.7 Å². The fourth-order valence-corrected chi connectivity index (χ4v) is 6.31. The summed E-state index contributed by atoms with van der Waals surface area (Å²) in [5.74, 6) is 2.54. The van der Waals surface area contributed by atoms with Gasteiger partial charge in [0.1, 0.15) is 17.2 Å². The third kappa shape index (κ3) is 4.84. The maximum Gasteiger partial charge on any atom is 0.174 e. The Labute approximate surface area is 233 Å². The van der Waals surface area contributed by atoms with E-state index in [0.29, 0.717) is 0 Å². The van der Waals surface area contributed by atoms with Crippen LogP contribution in [0, 0.1) is 0 Å². The minimum absolute atomic E-state index is 0.00350. The van der Waals surface area contributed by atoms with Gasteiger partial charge in [-0.1, -0.05) is 36.0 Å². The number of amidine groups is 1. The number of ether oxygens (including phenoxy) is 3. The van der Waals surface area contributed by atoms with E-state index in [1.807, 2.05) is 36.4 Å². The Balaban J connectivity index is 1.47. The van der Waals surface area contributed by atoms with E-state index in [0.717, 1.165) is 58.0 Å². The molecular weight excluding hydrogens is 506 g/mol. The smallest absolute Gasteiger partial charge is 0.174 e. The normalized spacial score (nSPS) is 19.8. The van der Waals surface area contributed by atoms with Crippen LogP contribution in [0.4, 0.5) is 0 Å². The molecule has 0 amide bonds. The number of fused-ring (bicyclic) bond motifs is 1. The Bertz CT molecular complexity index is 1490. The summed E-state index contributed by atoms with van der Waals surface area (Å²) in [5.41, 5.74) is 8.21. The molecule has 0 N–H and O–H groups in total. The Morgan fingerprint density at radius 3 is 2.00 bits per heavy atom. The van der Waals surface area contributed by atoms with Crippen molar-refractivity contribution in [2.45, 2.75) is 6.04 Å². The first-order valence-corrected chi connectivity index (χ1v) is 13.8. The highest BCUT2D eigenvalue weighted by Crippen LogP contribution is 2.49. The molecule has 6 nitrogen and oxygen atoms in total. The predicted molar refractivity (Wildman–Crippen MR) is 159 cm³/mol. The van der Waals surface area contributed by atoms with Gasteiger partial charge in [-0.2, -0.15) is 0 Å². The maximum absolute atomic E-state index is 5.48. The van der Waals surface area contributed by atoms with Crippen molar-refractivity contribution in [1.29, 1.82) is 0 Å². The molecule has 0 radical (unpaired) electrons. The summed E-state index contributed by atoms with van der Waals surface area (Å²) >= 11 is 1.68. The van der Waals surface area contributed by atoms with Gasteiger partial charge in [0.2, 0.25) is 0 Å². The molecule has 3 aromatic carbocycles. The minimum Gasteiger partial charge on any atom is -0.497 e. The van der Waals surface area contributed by atoms with E-state index < -0.39 is 0 Å². The first-order chi connectivity index (χ1) is 19.1. The quantitative estimate of drug-likeness (QED) is 0.360. The molecule has 1 unspecified atom stereocenters. The topological polar surface area (TPSA) is 46.5 Å². The lowest BCUT2D eigenvalue weighted by molar-refractivity contribution is 0.344. The Hall–Kier alpha value is -3.94. The van der Waals surface area contributed by atoms with Crippen molar-refractivity contribution in [2.24, 2.45) is 4.99 Å². The second kappa shape index (κ2) is 10.7. The molecule has 3 aliphatic rings. The maximum atomic E-state index is 5.48. The van der Waals surface area contributed by atoms with Gasteiger partial charge in [0.05, 0.1) is 38.8 Å². The van der Waals surface area contributed by atoms with E-state index in [1.54, 1.807) is 33.1 Å². The van der Waals surface area contributed by atoms with E-state index in [2.05, 4.69) is 64.7 Å². The van der Waals surface area contributed by atoms with E-state index in [-0.39, 0.29) is 6.04 Å². The van der Waals surface area contributed by atoms with Gasteiger partial charge in [0, 0.05) is 18.5 Å². The number of thioether (sulfide) groups is 1. The van der Waals surface area contributed by atoms with Crippen LogP contribution < -0.4 is 14.2 Å². The zero-order chi connectivity index (χ0) is 26.9. The average Bonchev–Trinajstić information content (AvgIpc) is 3.40. The Morgan fingerprint density at radius 1 is 0.795 bits per heavy atom. The minimum atomic E-state index is 0.00350. The fraction of sp³-hybridized carbons (Fsp3) is 0.219. The summed E-state index contributed by atoms with van der Waals surface area (Å²) in [6.07, 6.45) is 2.26. The lowest BCUT2D eigenvalue weighted by Crippen LogP contribution is -2.40. The second-order valence-corrected chi connectivity index (χ2v) is 10.6. The predicted octanol–water partition coefficient (Wildman–Crippen LogP) is 6.45. The molecule has 3 aromatic rings. The molecule has 1 atom stereocenters. The molecule has 39 heavy (non-hydrogen) atoms. The molecule has 3 heterocycles. The first-order valence-electron chi connectivity index (χ1n) is 12.9. The Morgan fingerprint density at radius 2 is 1.38 bits per heavy atom. The molecule has 6 rings (SSSR count). The lowest BCUT2D eigenvalue weighted by Gasteiger charge is -2.42. The van der Waals surface area contributed by atoms with E-state index >= 15 is 0 Å². The Kier molecular flexibility index (Phi) is 6.94. The summed E-state index contributed by atoms with van der Waals surface area (Å²) in [5, 5.41) is 3.21. The molecule has 0 aromatic heterocycles. The monoisotopic (exact) mass is 537 g/mol. The summed E-state index contributed by atoms with van der Waals surface area (Å²) in [7, 11) is 7.26. The van der Waals surface area contributed by atoms with E-state index in [1.165, 1.54) is 16.7 Å². The van der Waals surface area contributed by atoms with Crippen molar-refractivity contribution in [1.82, 2.24) is 9.80 Å². The number of benzene rings is 3. The van der Waals surface area contributed by atoms with Crippen LogP contribution in [0.5, 0.6) is 17.2 Å². The highest BCUT2D eigenvalue weighted by atomic mass is 32.2. The average molecular weight is 538 g/mol. The van der Waals surface area contributed by atoms with Crippen molar-refractivity contribution in [2.75, 3.05) is 41.5 Å². The summed E-state index contributed by atoms with van der Waals surface area (Å²) in [4.78, 5) is 10.0. The van der Waals surface area contributed by atoms with E-state index in [9.17, 15) is 0 Å². The molecule has 7 heteroatoms. The van der Waals surface area contributed by atoms with Gasteiger partial charge in [-0.25, -0.2) is 4.99 Å². The van der Waals surface area contributed by atoms with Crippen LogP contribution in [0.2, 0.25) is 0 Å². The highest BCUT2D eigenvalue weighted by Gasteiger charge is 2.41. The molecule has 0 saturated heterocycles. The van der Waals surface area contributed by atoms with Gasteiger partial charge < -0.3 is 19.1 Å². The number of hydrogen-bond donors (Lipinski definition) is 0. The van der Waals surface area contributed by atoms with Gasteiger partial charge in [0.25, 0.3) is 0 Å². The van der Waals surface area contributed by atoms with Crippen molar-refractivity contribution in [3.8, 4) is 17.2 Å². The molecule has 0 saturated carbocycles. The number of rotatable bonds is 6. The van der Waals surface area contributed by atoms with Crippen molar-refractivity contribution in [3.05, 3.63) is 112 Å². The van der Waals surface area contributed by atoms with Crippen LogP contribution in [0.3, 0.4) is 0 Å². The van der Waals surface area contributed by atoms with Crippen LogP contribution in [0.15, 0.2) is 100 Å². The lowest BCUT2D eigenvalue weighted by atomic mass is 9.88. The van der Waals surface area contributed by atoms with Gasteiger partial charge in [-0.3, -0.25) is 4.90 Å². The van der Waals surface area contributed by atoms with Crippen LogP contribution in [-0.4, -0.2) is 56.4 Å².